The first-order valence-corrected chi connectivity index (χ1v) is 7.66. The number of nitrogens with zero attached hydrogens (tertiary/aromatic N) is 5. The fourth-order valence-corrected chi connectivity index (χ4v) is 3.36. The standard InChI is InChI=1S/C16H21N5/c1-19-6-3-14-9-18-21(16(14)11-19)12-20-7-4-13-2-5-17-8-15(13)10-20/h2,5,8-9H,3-4,6-7,10-12H2,1H3. The summed E-state index contributed by atoms with van der Waals surface area (Å²) in [6.45, 7) is 5.12. The van der Waals surface area contributed by atoms with Gasteiger partial charge in [0.2, 0.25) is 0 Å². The van der Waals surface area contributed by atoms with E-state index >= 15 is 0 Å². The van der Waals surface area contributed by atoms with Gasteiger partial charge in [-0.15, -0.1) is 0 Å². The summed E-state index contributed by atoms with van der Waals surface area (Å²) in [5.41, 5.74) is 5.62. The van der Waals surface area contributed by atoms with E-state index in [1.807, 2.05) is 12.4 Å². The largest absolute Gasteiger partial charge is 0.300 e. The topological polar surface area (TPSA) is 37.2 Å². The lowest BCUT2D eigenvalue weighted by atomic mass is 10.0. The average molecular weight is 283 g/mol. The predicted molar refractivity (Wildman–Crippen MR) is 80.6 cm³/mol. The number of fused-ring (bicyclic) bond motifs is 2. The second kappa shape index (κ2) is 5.24. The highest BCUT2D eigenvalue weighted by Gasteiger charge is 2.21. The third-order valence-electron chi connectivity index (χ3n) is 4.65. The second-order valence-electron chi connectivity index (χ2n) is 6.19. The zero-order valence-electron chi connectivity index (χ0n) is 12.5. The highest BCUT2D eigenvalue weighted by atomic mass is 15.4. The van der Waals surface area contributed by atoms with Crippen LogP contribution in [0.5, 0.6) is 0 Å². The number of rotatable bonds is 2. The Morgan fingerprint density at radius 3 is 2.90 bits per heavy atom. The van der Waals surface area contributed by atoms with Crippen molar-refractivity contribution in [3.05, 3.63) is 47.0 Å². The summed E-state index contributed by atoms with van der Waals surface area (Å²) in [6.07, 6.45) is 8.20. The van der Waals surface area contributed by atoms with Crippen LogP contribution in [0.25, 0.3) is 0 Å². The molecule has 0 aliphatic carbocycles. The summed E-state index contributed by atoms with van der Waals surface area (Å²) in [5, 5.41) is 4.62. The average Bonchev–Trinajstić information content (AvgIpc) is 2.89. The molecule has 2 aliphatic rings. The van der Waals surface area contributed by atoms with E-state index in [-0.39, 0.29) is 0 Å². The maximum atomic E-state index is 4.62. The van der Waals surface area contributed by atoms with Crippen LogP contribution in [0.15, 0.2) is 24.7 Å². The normalized spacial score (nSPS) is 19.3. The van der Waals surface area contributed by atoms with Crippen molar-refractivity contribution in [1.29, 1.82) is 0 Å². The molecule has 110 valence electrons. The Hall–Kier alpha value is -1.72. The molecule has 0 radical (unpaired) electrons. The van der Waals surface area contributed by atoms with Crippen LogP contribution in [0.3, 0.4) is 0 Å². The van der Waals surface area contributed by atoms with E-state index in [0.29, 0.717) is 0 Å². The molecule has 0 saturated heterocycles. The van der Waals surface area contributed by atoms with Crippen molar-refractivity contribution in [2.45, 2.75) is 32.6 Å². The van der Waals surface area contributed by atoms with Crippen molar-refractivity contribution in [1.82, 2.24) is 24.6 Å². The Labute approximate surface area is 125 Å². The third kappa shape index (κ3) is 2.47. The van der Waals surface area contributed by atoms with E-state index in [0.717, 1.165) is 45.7 Å². The molecular weight excluding hydrogens is 262 g/mol. The lowest BCUT2D eigenvalue weighted by Crippen LogP contribution is -2.35. The van der Waals surface area contributed by atoms with Crippen LogP contribution < -0.4 is 0 Å². The molecule has 5 nitrogen and oxygen atoms in total. The van der Waals surface area contributed by atoms with Crippen molar-refractivity contribution in [2.75, 3.05) is 20.1 Å². The molecule has 0 bridgehead atoms. The van der Waals surface area contributed by atoms with E-state index < -0.39 is 0 Å². The summed E-state index contributed by atoms with van der Waals surface area (Å²) in [4.78, 5) is 9.09. The van der Waals surface area contributed by atoms with E-state index in [1.165, 1.54) is 22.4 Å². The monoisotopic (exact) mass is 283 g/mol. The maximum Gasteiger partial charge on any atom is 0.0935 e. The Kier molecular flexibility index (Phi) is 3.24. The molecule has 2 aromatic heterocycles. The summed E-state index contributed by atoms with van der Waals surface area (Å²) in [7, 11) is 2.18. The first-order chi connectivity index (χ1) is 10.3. The van der Waals surface area contributed by atoms with Crippen LogP contribution in [0.4, 0.5) is 0 Å². The number of hydrogen-bond acceptors (Lipinski definition) is 4. The van der Waals surface area contributed by atoms with Crippen molar-refractivity contribution >= 4 is 0 Å². The molecule has 0 fully saturated rings. The summed E-state index contributed by atoms with van der Waals surface area (Å²) in [6, 6.07) is 2.15. The van der Waals surface area contributed by atoms with Gasteiger partial charge in [0.1, 0.15) is 0 Å². The molecular formula is C16H21N5. The molecule has 4 rings (SSSR count). The number of likely N-dealkylation sites (N-methyl/N-ethyl adjacent to an activating group) is 1. The van der Waals surface area contributed by atoms with Gasteiger partial charge in [0.15, 0.2) is 0 Å². The molecule has 0 amide bonds. The van der Waals surface area contributed by atoms with Gasteiger partial charge >= 0.3 is 0 Å². The van der Waals surface area contributed by atoms with Gasteiger partial charge in [-0.1, -0.05) is 0 Å². The second-order valence-corrected chi connectivity index (χ2v) is 6.19. The molecule has 0 saturated carbocycles. The van der Waals surface area contributed by atoms with E-state index in [1.54, 1.807) is 0 Å². The van der Waals surface area contributed by atoms with Gasteiger partial charge in [-0.25, -0.2) is 0 Å². The molecule has 2 aliphatic heterocycles. The van der Waals surface area contributed by atoms with Crippen molar-refractivity contribution in [3.63, 3.8) is 0 Å². The van der Waals surface area contributed by atoms with Gasteiger partial charge in [0.25, 0.3) is 0 Å². The first-order valence-electron chi connectivity index (χ1n) is 7.66. The van der Waals surface area contributed by atoms with Gasteiger partial charge in [-0.2, -0.15) is 5.10 Å². The van der Waals surface area contributed by atoms with Gasteiger partial charge < -0.3 is 4.90 Å². The summed E-state index contributed by atoms with van der Waals surface area (Å²) >= 11 is 0. The van der Waals surface area contributed by atoms with Crippen LogP contribution >= 0.6 is 0 Å². The van der Waals surface area contributed by atoms with Crippen LogP contribution in [-0.2, 0) is 32.6 Å². The van der Waals surface area contributed by atoms with Crippen LogP contribution in [0, 0.1) is 0 Å². The zero-order chi connectivity index (χ0) is 14.2. The Morgan fingerprint density at radius 1 is 1.05 bits per heavy atom. The molecule has 4 heterocycles. The minimum Gasteiger partial charge on any atom is -0.300 e. The molecule has 0 spiro atoms. The molecule has 21 heavy (non-hydrogen) atoms. The molecule has 2 aromatic rings. The zero-order valence-corrected chi connectivity index (χ0v) is 12.5. The van der Waals surface area contributed by atoms with Gasteiger partial charge in [-0.3, -0.25) is 14.6 Å². The SMILES string of the molecule is CN1CCc2cnn(CN3CCc4ccncc4C3)c2C1. The van der Waals surface area contributed by atoms with Crippen LogP contribution in [-0.4, -0.2) is 44.7 Å². The first kappa shape index (κ1) is 13.0. The summed E-state index contributed by atoms with van der Waals surface area (Å²) in [5.74, 6) is 0. The van der Waals surface area contributed by atoms with Crippen molar-refractivity contribution in [2.24, 2.45) is 0 Å². The molecule has 0 unspecified atom stereocenters. The smallest absolute Gasteiger partial charge is 0.0935 e. The quantitative estimate of drug-likeness (QED) is 0.832. The number of pyridine rings is 1. The Bertz CT molecular complexity index is 648. The van der Waals surface area contributed by atoms with E-state index in [4.69, 9.17) is 0 Å². The van der Waals surface area contributed by atoms with E-state index in [2.05, 4.69) is 43.9 Å². The molecule has 0 atom stereocenters. The number of hydrogen-bond donors (Lipinski definition) is 0. The van der Waals surface area contributed by atoms with Crippen molar-refractivity contribution < 1.29 is 0 Å². The minimum absolute atomic E-state index is 0.886. The summed E-state index contributed by atoms with van der Waals surface area (Å²) < 4.78 is 2.19. The van der Waals surface area contributed by atoms with Crippen molar-refractivity contribution in [3.8, 4) is 0 Å². The number of aromatic nitrogens is 3. The Morgan fingerprint density at radius 2 is 1.95 bits per heavy atom. The highest BCUT2D eigenvalue weighted by molar-refractivity contribution is 5.25. The van der Waals surface area contributed by atoms with Crippen LogP contribution in [0.1, 0.15) is 22.4 Å². The van der Waals surface area contributed by atoms with Gasteiger partial charge in [0.05, 0.1) is 18.6 Å². The highest BCUT2D eigenvalue weighted by Crippen LogP contribution is 2.21. The minimum atomic E-state index is 0.886. The maximum absolute atomic E-state index is 4.62. The Balaban J connectivity index is 1.52. The lowest BCUT2D eigenvalue weighted by Gasteiger charge is -2.30. The molecule has 0 aromatic carbocycles. The predicted octanol–water partition coefficient (Wildman–Crippen LogP) is 1.28. The lowest BCUT2D eigenvalue weighted by molar-refractivity contribution is 0.181. The van der Waals surface area contributed by atoms with Gasteiger partial charge in [0, 0.05) is 38.6 Å². The molecule has 5 heteroatoms. The third-order valence-corrected chi connectivity index (χ3v) is 4.65. The fourth-order valence-electron chi connectivity index (χ4n) is 3.36. The fraction of sp³-hybridized carbons (Fsp3) is 0.500. The molecule has 0 N–H and O–H groups in total. The van der Waals surface area contributed by atoms with E-state index in [9.17, 15) is 0 Å². The van der Waals surface area contributed by atoms with Crippen LogP contribution in [0.2, 0.25) is 0 Å². The van der Waals surface area contributed by atoms with Gasteiger partial charge in [-0.05, 0) is 42.6 Å².